The van der Waals surface area contributed by atoms with Gasteiger partial charge in [-0.25, -0.2) is 9.97 Å². The van der Waals surface area contributed by atoms with Gasteiger partial charge in [0.15, 0.2) is 0 Å². The molecule has 5 nitrogen and oxygen atoms in total. The summed E-state index contributed by atoms with van der Waals surface area (Å²) in [6.07, 6.45) is 8.04. The Balaban J connectivity index is 1.42. The lowest BCUT2D eigenvalue weighted by Gasteiger charge is -2.33. The Kier molecular flexibility index (Phi) is 4.74. The number of rotatable bonds is 5. The fourth-order valence-corrected chi connectivity index (χ4v) is 3.47. The molecule has 128 valence electrons. The van der Waals surface area contributed by atoms with Crippen molar-refractivity contribution in [2.75, 3.05) is 18.4 Å². The Hall–Kier alpha value is -2.66. The highest BCUT2D eigenvalue weighted by molar-refractivity contribution is 5.43. The zero-order valence-electron chi connectivity index (χ0n) is 14.3. The summed E-state index contributed by atoms with van der Waals surface area (Å²) in [6.45, 7) is 3.10. The third-order valence-electron chi connectivity index (χ3n) is 4.64. The molecule has 0 saturated carbocycles. The van der Waals surface area contributed by atoms with Crippen molar-refractivity contribution in [2.45, 2.75) is 25.4 Å². The molecule has 1 aromatic carbocycles. The molecule has 3 heterocycles. The Bertz CT molecular complexity index is 784. The molecule has 1 fully saturated rings. The Morgan fingerprint density at radius 2 is 1.84 bits per heavy atom. The van der Waals surface area contributed by atoms with E-state index < -0.39 is 0 Å². The first kappa shape index (κ1) is 15.8. The molecule has 4 rings (SSSR count). The van der Waals surface area contributed by atoms with E-state index in [0.29, 0.717) is 6.04 Å². The number of anilines is 1. The molecular formula is C20H23N5. The number of benzene rings is 1. The second-order valence-corrected chi connectivity index (χ2v) is 6.50. The van der Waals surface area contributed by atoms with Crippen LogP contribution in [0.15, 0.2) is 67.1 Å². The molecule has 0 aliphatic carbocycles. The highest BCUT2D eigenvalue weighted by Crippen LogP contribution is 2.19. The molecule has 0 bridgehead atoms. The Morgan fingerprint density at radius 3 is 2.68 bits per heavy atom. The standard InChI is InChI=1S/C20H23N5/c1-2-7-17(8-3-1)23-18-9-4-13-24(15-18)16-19-10-5-14-25(19)20-21-11-6-12-22-20/h1-3,5-8,10-12,14,18,23H,4,9,13,15-16H2/t18-/m1/s1. The van der Waals surface area contributed by atoms with Gasteiger partial charge in [0.1, 0.15) is 0 Å². The molecule has 0 radical (unpaired) electrons. The van der Waals surface area contributed by atoms with E-state index in [4.69, 9.17) is 0 Å². The summed E-state index contributed by atoms with van der Waals surface area (Å²) < 4.78 is 2.08. The number of aromatic nitrogens is 3. The van der Waals surface area contributed by atoms with Crippen molar-refractivity contribution in [3.63, 3.8) is 0 Å². The van der Waals surface area contributed by atoms with Crippen molar-refractivity contribution in [2.24, 2.45) is 0 Å². The molecule has 1 saturated heterocycles. The zero-order chi connectivity index (χ0) is 16.9. The number of hydrogen-bond donors (Lipinski definition) is 1. The maximum absolute atomic E-state index is 4.37. The summed E-state index contributed by atoms with van der Waals surface area (Å²) in [7, 11) is 0. The van der Waals surface area contributed by atoms with Gasteiger partial charge in [-0.3, -0.25) is 9.47 Å². The lowest BCUT2D eigenvalue weighted by Crippen LogP contribution is -2.41. The molecule has 1 atom stereocenters. The molecule has 25 heavy (non-hydrogen) atoms. The van der Waals surface area contributed by atoms with E-state index in [0.717, 1.165) is 25.6 Å². The van der Waals surface area contributed by atoms with E-state index in [2.05, 4.69) is 67.2 Å². The highest BCUT2D eigenvalue weighted by Gasteiger charge is 2.21. The minimum Gasteiger partial charge on any atom is -0.381 e. The van der Waals surface area contributed by atoms with E-state index >= 15 is 0 Å². The fraction of sp³-hybridized carbons (Fsp3) is 0.300. The molecular weight excluding hydrogens is 310 g/mol. The van der Waals surface area contributed by atoms with Crippen LogP contribution in [0.4, 0.5) is 5.69 Å². The smallest absolute Gasteiger partial charge is 0.233 e. The predicted molar refractivity (Wildman–Crippen MR) is 99.7 cm³/mol. The van der Waals surface area contributed by atoms with E-state index in [9.17, 15) is 0 Å². The van der Waals surface area contributed by atoms with Crippen LogP contribution in [-0.2, 0) is 6.54 Å². The van der Waals surface area contributed by atoms with Crippen molar-refractivity contribution in [1.29, 1.82) is 0 Å². The van der Waals surface area contributed by atoms with Crippen LogP contribution in [0.2, 0.25) is 0 Å². The lowest BCUT2D eigenvalue weighted by atomic mass is 10.0. The van der Waals surface area contributed by atoms with E-state index in [1.54, 1.807) is 12.4 Å². The SMILES string of the molecule is c1ccc(N[C@@H]2CCCN(Cc3cccn3-c3ncccn3)C2)cc1. The maximum atomic E-state index is 4.37. The van der Waals surface area contributed by atoms with Crippen molar-refractivity contribution >= 4 is 5.69 Å². The highest BCUT2D eigenvalue weighted by atomic mass is 15.2. The topological polar surface area (TPSA) is 46.0 Å². The number of hydrogen-bond acceptors (Lipinski definition) is 4. The molecule has 1 N–H and O–H groups in total. The number of nitrogens with zero attached hydrogens (tertiary/aromatic N) is 4. The predicted octanol–water partition coefficient (Wildman–Crippen LogP) is 3.34. The van der Waals surface area contributed by atoms with Crippen LogP contribution in [0.25, 0.3) is 5.95 Å². The van der Waals surface area contributed by atoms with Gasteiger partial charge >= 0.3 is 0 Å². The van der Waals surface area contributed by atoms with Crippen molar-refractivity contribution in [3.8, 4) is 5.95 Å². The second-order valence-electron chi connectivity index (χ2n) is 6.50. The molecule has 0 spiro atoms. The van der Waals surface area contributed by atoms with Crippen LogP contribution in [0.5, 0.6) is 0 Å². The summed E-state index contributed by atoms with van der Waals surface area (Å²) in [5.41, 5.74) is 2.43. The molecule has 2 aromatic heterocycles. The van der Waals surface area contributed by atoms with Gasteiger partial charge in [-0.05, 0) is 49.7 Å². The fourth-order valence-electron chi connectivity index (χ4n) is 3.47. The minimum atomic E-state index is 0.493. The number of piperidine rings is 1. The van der Waals surface area contributed by atoms with Gasteiger partial charge in [-0.1, -0.05) is 18.2 Å². The Morgan fingerprint density at radius 1 is 1.00 bits per heavy atom. The van der Waals surface area contributed by atoms with Crippen LogP contribution in [-0.4, -0.2) is 38.6 Å². The third-order valence-corrected chi connectivity index (χ3v) is 4.64. The second kappa shape index (κ2) is 7.49. The molecule has 1 aliphatic rings. The summed E-state index contributed by atoms with van der Waals surface area (Å²) in [4.78, 5) is 11.2. The summed E-state index contributed by atoms with van der Waals surface area (Å²) in [5.74, 6) is 0.735. The van der Waals surface area contributed by atoms with Gasteiger partial charge in [-0.15, -0.1) is 0 Å². The van der Waals surface area contributed by atoms with Crippen LogP contribution in [0, 0.1) is 0 Å². The van der Waals surface area contributed by atoms with Crippen molar-refractivity contribution < 1.29 is 0 Å². The van der Waals surface area contributed by atoms with E-state index in [1.807, 2.05) is 12.3 Å². The molecule has 3 aromatic rings. The zero-order valence-corrected chi connectivity index (χ0v) is 14.3. The van der Waals surface area contributed by atoms with Gasteiger partial charge in [0.2, 0.25) is 5.95 Å². The van der Waals surface area contributed by atoms with Crippen molar-refractivity contribution in [1.82, 2.24) is 19.4 Å². The maximum Gasteiger partial charge on any atom is 0.233 e. The van der Waals surface area contributed by atoms with Crippen molar-refractivity contribution in [3.05, 3.63) is 72.8 Å². The third kappa shape index (κ3) is 3.88. The number of likely N-dealkylation sites (tertiary alicyclic amines) is 1. The van der Waals surface area contributed by atoms with Crippen LogP contribution in [0.3, 0.4) is 0 Å². The van der Waals surface area contributed by atoms with E-state index in [-0.39, 0.29) is 0 Å². The van der Waals surface area contributed by atoms with E-state index in [1.165, 1.54) is 24.2 Å². The molecule has 0 amide bonds. The minimum absolute atomic E-state index is 0.493. The molecule has 0 unspecified atom stereocenters. The first-order valence-electron chi connectivity index (χ1n) is 8.86. The van der Waals surface area contributed by atoms with Gasteiger partial charge in [0.25, 0.3) is 0 Å². The van der Waals surface area contributed by atoms with Crippen LogP contribution < -0.4 is 5.32 Å². The van der Waals surface area contributed by atoms with Crippen LogP contribution in [0.1, 0.15) is 18.5 Å². The monoisotopic (exact) mass is 333 g/mol. The Labute approximate surface area is 148 Å². The largest absolute Gasteiger partial charge is 0.381 e. The van der Waals surface area contributed by atoms with Gasteiger partial charge in [0, 0.05) is 49.1 Å². The normalized spacial score (nSPS) is 18.2. The first-order valence-corrected chi connectivity index (χ1v) is 8.86. The average molecular weight is 333 g/mol. The van der Waals surface area contributed by atoms with Crippen LogP contribution >= 0.6 is 0 Å². The first-order chi connectivity index (χ1) is 12.4. The van der Waals surface area contributed by atoms with Gasteiger partial charge < -0.3 is 5.32 Å². The summed E-state index contributed by atoms with van der Waals surface area (Å²) in [5, 5.41) is 3.66. The summed E-state index contributed by atoms with van der Waals surface area (Å²) in [6, 6.07) is 17.0. The van der Waals surface area contributed by atoms with Gasteiger partial charge in [-0.2, -0.15) is 0 Å². The molecule has 5 heteroatoms. The average Bonchev–Trinajstić information content (AvgIpc) is 3.12. The summed E-state index contributed by atoms with van der Waals surface area (Å²) >= 11 is 0. The quantitative estimate of drug-likeness (QED) is 0.778. The lowest BCUT2D eigenvalue weighted by molar-refractivity contribution is 0.205. The van der Waals surface area contributed by atoms with Gasteiger partial charge in [0.05, 0.1) is 0 Å². The molecule has 1 aliphatic heterocycles. The number of para-hydroxylation sites is 1. The number of nitrogens with one attached hydrogen (secondary N) is 1.